The third kappa shape index (κ3) is 4.87. The Kier molecular flexibility index (Phi) is 6.19. The van der Waals surface area contributed by atoms with E-state index < -0.39 is 44.5 Å². The van der Waals surface area contributed by atoms with Gasteiger partial charge < -0.3 is 9.64 Å². The Labute approximate surface area is 156 Å². The van der Waals surface area contributed by atoms with E-state index in [0.29, 0.717) is 0 Å². The predicted octanol–water partition coefficient (Wildman–Crippen LogP) is 3.19. The number of alkyl halides is 6. The summed E-state index contributed by atoms with van der Waals surface area (Å²) < 4.78 is 108. The van der Waals surface area contributed by atoms with E-state index in [1.54, 1.807) is 6.92 Å². The van der Waals surface area contributed by atoms with Gasteiger partial charge in [-0.05, 0) is 25.1 Å². The maximum Gasteiger partial charge on any atom is 0.416 e. The van der Waals surface area contributed by atoms with E-state index in [4.69, 9.17) is 4.74 Å². The first-order valence-corrected chi connectivity index (χ1v) is 9.42. The molecule has 1 aliphatic heterocycles. The topological polar surface area (TPSA) is 66.9 Å². The number of hydrogen-bond donors (Lipinski definition) is 0. The number of amides is 1. The molecule has 0 aliphatic carbocycles. The second-order valence-electron chi connectivity index (χ2n) is 5.83. The lowest BCUT2D eigenvalue weighted by Crippen LogP contribution is -2.50. The van der Waals surface area contributed by atoms with Crippen molar-refractivity contribution in [3.05, 3.63) is 29.3 Å². The molecule has 13 heteroatoms. The van der Waals surface area contributed by atoms with Gasteiger partial charge in [-0.15, -0.1) is 0 Å². The minimum Gasteiger partial charge on any atom is -0.450 e. The van der Waals surface area contributed by atoms with E-state index in [0.717, 1.165) is 4.31 Å². The Balaban J connectivity index is 2.34. The molecular formula is C15H16F6N2O4S. The normalized spacial score (nSPS) is 16.9. The van der Waals surface area contributed by atoms with Crippen molar-refractivity contribution in [3.63, 3.8) is 0 Å². The monoisotopic (exact) mass is 434 g/mol. The van der Waals surface area contributed by atoms with Crippen molar-refractivity contribution in [2.24, 2.45) is 0 Å². The molecule has 1 heterocycles. The molecule has 0 N–H and O–H groups in total. The summed E-state index contributed by atoms with van der Waals surface area (Å²) in [5.74, 6) is 0. The van der Waals surface area contributed by atoms with Crippen LogP contribution in [-0.2, 0) is 27.1 Å². The molecule has 1 amide bonds. The summed E-state index contributed by atoms with van der Waals surface area (Å²) in [6.45, 7) is 0.871. The van der Waals surface area contributed by atoms with Gasteiger partial charge in [0.25, 0.3) is 0 Å². The van der Waals surface area contributed by atoms with Gasteiger partial charge in [-0.3, -0.25) is 0 Å². The van der Waals surface area contributed by atoms with E-state index in [1.807, 2.05) is 0 Å². The van der Waals surface area contributed by atoms with Gasteiger partial charge in [0.15, 0.2) is 0 Å². The first-order valence-electron chi connectivity index (χ1n) is 7.98. The number of benzene rings is 1. The van der Waals surface area contributed by atoms with E-state index in [1.165, 1.54) is 4.90 Å². The molecule has 0 aromatic heterocycles. The number of carbonyl (C=O) groups is 1. The van der Waals surface area contributed by atoms with Gasteiger partial charge in [-0.2, -0.15) is 30.6 Å². The van der Waals surface area contributed by atoms with Crippen molar-refractivity contribution in [1.82, 2.24) is 9.21 Å². The summed E-state index contributed by atoms with van der Waals surface area (Å²) in [6, 6.07) is 0.197. The highest BCUT2D eigenvalue weighted by Gasteiger charge is 2.39. The highest BCUT2D eigenvalue weighted by molar-refractivity contribution is 7.89. The second-order valence-corrected chi connectivity index (χ2v) is 7.77. The van der Waals surface area contributed by atoms with Crippen molar-refractivity contribution in [2.75, 3.05) is 32.8 Å². The van der Waals surface area contributed by atoms with Gasteiger partial charge in [-0.1, -0.05) is 0 Å². The fraction of sp³-hybridized carbons (Fsp3) is 0.533. The highest BCUT2D eigenvalue weighted by Crippen LogP contribution is 2.37. The van der Waals surface area contributed by atoms with Crippen LogP contribution in [0.1, 0.15) is 18.1 Å². The fourth-order valence-corrected chi connectivity index (χ4v) is 4.04. The van der Waals surface area contributed by atoms with Crippen LogP contribution in [0.15, 0.2) is 23.1 Å². The maximum absolute atomic E-state index is 12.9. The molecule has 1 aromatic rings. The average molecular weight is 434 g/mol. The Hall–Kier alpha value is -2.02. The van der Waals surface area contributed by atoms with Crippen LogP contribution in [0.2, 0.25) is 0 Å². The number of piperazine rings is 1. The molecule has 0 saturated carbocycles. The minimum absolute atomic E-state index is 0.0990. The molecule has 1 aromatic carbocycles. The lowest BCUT2D eigenvalue weighted by Gasteiger charge is -2.33. The third-order valence-electron chi connectivity index (χ3n) is 3.96. The van der Waals surface area contributed by atoms with Crippen molar-refractivity contribution < 1.29 is 44.3 Å². The Morgan fingerprint density at radius 1 is 0.964 bits per heavy atom. The van der Waals surface area contributed by atoms with E-state index in [2.05, 4.69) is 0 Å². The Bertz CT molecular complexity index is 798. The van der Waals surface area contributed by atoms with Crippen LogP contribution < -0.4 is 0 Å². The van der Waals surface area contributed by atoms with Gasteiger partial charge in [0, 0.05) is 26.2 Å². The van der Waals surface area contributed by atoms with Gasteiger partial charge in [0.05, 0.1) is 22.6 Å². The van der Waals surface area contributed by atoms with Crippen molar-refractivity contribution in [1.29, 1.82) is 0 Å². The van der Waals surface area contributed by atoms with E-state index in [9.17, 15) is 39.6 Å². The first-order chi connectivity index (χ1) is 12.8. The highest BCUT2D eigenvalue weighted by atomic mass is 32.2. The number of carbonyl (C=O) groups excluding carboxylic acids is 1. The number of hydrogen-bond acceptors (Lipinski definition) is 4. The molecule has 28 heavy (non-hydrogen) atoms. The summed E-state index contributed by atoms with van der Waals surface area (Å²) >= 11 is 0. The number of rotatable bonds is 3. The zero-order valence-electron chi connectivity index (χ0n) is 14.5. The molecule has 6 nitrogen and oxygen atoms in total. The third-order valence-corrected chi connectivity index (χ3v) is 5.84. The molecule has 0 bridgehead atoms. The largest absolute Gasteiger partial charge is 0.450 e. The van der Waals surface area contributed by atoms with Gasteiger partial charge >= 0.3 is 18.4 Å². The molecule has 2 rings (SSSR count). The average Bonchev–Trinajstić information content (AvgIpc) is 2.60. The molecule has 0 radical (unpaired) electrons. The summed E-state index contributed by atoms with van der Waals surface area (Å²) in [6.07, 6.45) is -11.0. The number of halogens is 6. The standard InChI is InChI=1S/C15H16F6N2O4S/c1-2-27-13(24)22-3-5-23(6-4-22)28(25,26)12-8-10(14(16,17)18)7-11(9-12)15(19,20)21/h7-9H,2-6H2,1H3. The number of ether oxygens (including phenoxy) is 1. The minimum atomic E-state index is -5.16. The zero-order valence-corrected chi connectivity index (χ0v) is 15.3. The quantitative estimate of drug-likeness (QED) is 0.686. The number of nitrogens with zero attached hydrogens (tertiary/aromatic N) is 2. The van der Waals surface area contributed by atoms with E-state index in [-0.39, 0.29) is 51.0 Å². The Morgan fingerprint density at radius 2 is 1.43 bits per heavy atom. The van der Waals surface area contributed by atoms with Crippen LogP contribution in [0.5, 0.6) is 0 Å². The predicted molar refractivity (Wildman–Crippen MR) is 83.8 cm³/mol. The molecule has 158 valence electrons. The summed E-state index contributed by atoms with van der Waals surface area (Å²) in [4.78, 5) is 11.7. The molecule has 0 atom stereocenters. The second kappa shape index (κ2) is 7.78. The summed E-state index contributed by atoms with van der Waals surface area (Å²) in [5, 5.41) is 0. The van der Waals surface area contributed by atoms with Crippen molar-refractivity contribution in [3.8, 4) is 0 Å². The van der Waals surface area contributed by atoms with Crippen LogP contribution in [0, 0.1) is 0 Å². The van der Waals surface area contributed by atoms with Crippen LogP contribution in [0.25, 0.3) is 0 Å². The van der Waals surface area contributed by atoms with Gasteiger partial charge in [-0.25, -0.2) is 13.2 Å². The SMILES string of the molecule is CCOC(=O)N1CCN(S(=O)(=O)c2cc(C(F)(F)F)cc(C(F)(F)F)c2)CC1. The van der Waals surface area contributed by atoms with Crippen molar-refractivity contribution >= 4 is 16.1 Å². The van der Waals surface area contributed by atoms with E-state index >= 15 is 0 Å². The lowest BCUT2D eigenvalue weighted by molar-refractivity contribution is -0.143. The van der Waals surface area contributed by atoms with Crippen LogP contribution in [-0.4, -0.2) is 56.5 Å². The molecular weight excluding hydrogens is 418 g/mol. The molecule has 1 aliphatic rings. The number of sulfonamides is 1. The maximum atomic E-state index is 12.9. The summed E-state index contributed by atoms with van der Waals surface area (Å²) in [5.41, 5.74) is -3.43. The van der Waals surface area contributed by atoms with Gasteiger partial charge in [0.2, 0.25) is 10.0 Å². The van der Waals surface area contributed by atoms with Crippen LogP contribution in [0.3, 0.4) is 0 Å². The molecule has 1 saturated heterocycles. The van der Waals surface area contributed by atoms with Crippen LogP contribution in [0.4, 0.5) is 31.1 Å². The fourth-order valence-electron chi connectivity index (χ4n) is 2.55. The molecule has 0 unspecified atom stereocenters. The van der Waals surface area contributed by atoms with Crippen LogP contribution >= 0.6 is 0 Å². The lowest BCUT2D eigenvalue weighted by atomic mass is 10.1. The Morgan fingerprint density at radius 3 is 1.82 bits per heavy atom. The molecule has 1 fully saturated rings. The molecule has 0 spiro atoms. The first kappa shape index (κ1) is 22.3. The smallest absolute Gasteiger partial charge is 0.416 e. The summed E-state index contributed by atoms with van der Waals surface area (Å²) in [7, 11) is -4.63. The zero-order chi connectivity index (χ0) is 21.3. The van der Waals surface area contributed by atoms with Gasteiger partial charge in [0.1, 0.15) is 0 Å². The van der Waals surface area contributed by atoms with Crippen molar-refractivity contribution in [2.45, 2.75) is 24.2 Å².